The molecule has 1 unspecified atom stereocenters. The van der Waals surface area contributed by atoms with Crippen molar-refractivity contribution in [2.24, 2.45) is 0 Å². The summed E-state index contributed by atoms with van der Waals surface area (Å²) in [6.45, 7) is 11.7. The zero-order valence-corrected chi connectivity index (χ0v) is 16.8. The Balaban J connectivity index is 2.77. The average Bonchev–Trinajstić information content (AvgIpc) is 2.43. The number of hydrogen-bond acceptors (Lipinski definition) is 3. The molecular weight excluding hydrogens is 334 g/mol. The maximum Gasteiger partial charge on any atom is 0.408 e. The molecule has 136 valence electrons. The van der Waals surface area contributed by atoms with Crippen molar-refractivity contribution < 1.29 is 19.4 Å². The summed E-state index contributed by atoms with van der Waals surface area (Å²) in [5.41, 5.74) is 4.32. The molecule has 0 bridgehead atoms. The number of amides is 1. The number of nitrogens with one attached hydrogen (secondary N) is 1. The third-order valence-corrected chi connectivity index (χ3v) is 3.84. The summed E-state index contributed by atoms with van der Waals surface area (Å²) < 4.78 is 5.11. The van der Waals surface area contributed by atoms with E-state index in [1.54, 1.807) is 20.8 Å². The number of carbonyl (C=O) groups is 2. The molecule has 1 aromatic carbocycles. The molecule has 0 aliphatic rings. The number of rotatable bonds is 4. The summed E-state index contributed by atoms with van der Waals surface area (Å²) in [6, 6.07) is 6.36. The summed E-state index contributed by atoms with van der Waals surface area (Å²) in [5, 5.41) is 11.7. The van der Waals surface area contributed by atoms with Gasteiger partial charge in [-0.05, 0) is 38.5 Å². The van der Waals surface area contributed by atoms with E-state index in [9.17, 15) is 14.7 Å². The van der Waals surface area contributed by atoms with E-state index >= 15 is 0 Å². The Morgan fingerprint density at radius 3 is 2.20 bits per heavy atom. The lowest BCUT2D eigenvalue weighted by atomic mass is 10.0. The Morgan fingerprint density at radius 2 is 1.76 bits per heavy atom. The molecule has 0 fully saturated rings. The van der Waals surface area contributed by atoms with E-state index in [0.717, 1.165) is 11.1 Å². The van der Waals surface area contributed by atoms with E-state index in [1.165, 1.54) is 0 Å². The van der Waals surface area contributed by atoms with Crippen LogP contribution in [0.15, 0.2) is 24.3 Å². The van der Waals surface area contributed by atoms with Crippen LogP contribution in [0, 0.1) is 11.5 Å². The number of aliphatic carboxylic acids is 1. The quantitative estimate of drug-likeness (QED) is 0.636. The predicted molar refractivity (Wildman–Crippen MR) is 101 cm³/mol. The molecule has 0 saturated carbocycles. The fraction of sp³-hybridized carbons (Fsp3) is 0.474. The van der Waals surface area contributed by atoms with Gasteiger partial charge in [-0.2, -0.15) is 0 Å². The first-order chi connectivity index (χ1) is 11.4. The molecule has 1 rings (SSSR count). The summed E-state index contributed by atoms with van der Waals surface area (Å²) >= 11 is 0. The monoisotopic (exact) mass is 361 g/mol. The number of carboxylic acid groups (broad SMARTS) is 1. The molecule has 0 aliphatic carbocycles. The number of ether oxygens (including phenoxy) is 1. The Labute approximate surface area is 150 Å². The van der Waals surface area contributed by atoms with Gasteiger partial charge in [0.15, 0.2) is 0 Å². The van der Waals surface area contributed by atoms with Gasteiger partial charge < -0.3 is 15.2 Å². The second-order valence-corrected chi connectivity index (χ2v) is 12.7. The molecule has 0 aliphatic heterocycles. The van der Waals surface area contributed by atoms with Gasteiger partial charge in [0.25, 0.3) is 0 Å². The van der Waals surface area contributed by atoms with Crippen molar-refractivity contribution in [3.8, 4) is 11.5 Å². The van der Waals surface area contributed by atoms with Crippen LogP contribution in [0.3, 0.4) is 0 Å². The van der Waals surface area contributed by atoms with Crippen molar-refractivity contribution in [3.05, 3.63) is 35.4 Å². The van der Waals surface area contributed by atoms with Crippen LogP contribution in [0.5, 0.6) is 0 Å². The van der Waals surface area contributed by atoms with Crippen molar-refractivity contribution in [2.45, 2.75) is 58.5 Å². The van der Waals surface area contributed by atoms with Crippen LogP contribution in [0.4, 0.5) is 4.79 Å². The van der Waals surface area contributed by atoms with Gasteiger partial charge in [0.2, 0.25) is 0 Å². The third-order valence-electron chi connectivity index (χ3n) is 2.96. The molecule has 0 aromatic heterocycles. The van der Waals surface area contributed by atoms with Gasteiger partial charge in [0.1, 0.15) is 19.7 Å². The van der Waals surface area contributed by atoms with Crippen LogP contribution in [0.2, 0.25) is 19.6 Å². The number of hydrogen-bond donors (Lipinski definition) is 2. The van der Waals surface area contributed by atoms with Gasteiger partial charge in [-0.3, -0.25) is 0 Å². The number of carboxylic acids is 1. The fourth-order valence-corrected chi connectivity index (χ4v) is 2.39. The minimum atomic E-state index is -1.43. The first-order valence-corrected chi connectivity index (χ1v) is 11.7. The van der Waals surface area contributed by atoms with Crippen molar-refractivity contribution in [3.63, 3.8) is 0 Å². The normalized spacial score (nSPS) is 12.6. The zero-order chi connectivity index (χ0) is 19.3. The fourth-order valence-electron chi connectivity index (χ4n) is 1.87. The molecule has 6 heteroatoms. The molecule has 1 atom stereocenters. The van der Waals surface area contributed by atoms with Gasteiger partial charge in [-0.15, -0.1) is 5.54 Å². The largest absolute Gasteiger partial charge is 0.480 e. The maximum atomic E-state index is 11.8. The molecule has 1 aromatic rings. The maximum absolute atomic E-state index is 11.8. The Kier molecular flexibility index (Phi) is 6.83. The number of alkyl carbamates (subject to hydrolysis) is 1. The van der Waals surface area contributed by atoms with Crippen LogP contribution in [-0.4, -0.2) is 36.9 Å². The molecule has 25 heavy (non-hydrogen) atoms. The highest BCUT2D eigenvalue weighted by Gasteiger charge is 2.24. The lowest BCUT2D eigenvalue weighted by Crippen LogP contribution is -2.44. The molecule has 0 radical (unpaired) electrons. The van der Waals surface area contributed by atoms with E-state index in [0.29, 0.717) is 0 Å². The zero-order valence-electron chi connectivity index (χ0n) is 15.8. The molecule has 0 spiro atoms. The topological polar surface area (TPSA) is 75.6 Å². The van der Waals surface area contributed by atoms with Gasteiger partial charge in [0.05, 0.1) is 0 Å². The SMILES string of the molecule is CC(C)(C)OC(=O)NC(Cc1ccc(C#C[Si](C)(C)C)cc1)C(=O)O. The Morgan fingerprint density at radius 1 is 1.20 bits per heavy atom. The second kappa shape index (κ2) is 8.21. The van der Waals surface area contributed by atoms with Gasteiger partial charge in [-0.1, -0.05) is 37.7 Å². The van der Waals surface area contributed by atoms with Crippen LogP contribution < -0.4 is 5.32 Å². The van der Waals surface area contributed by atoms with Gasteiger partial charge in [-0.25, -0.2) is 9.59 Å². The molecule has 0 heterocycles. The van der Waals surface area contributed by atoms with Crippen molar-refractivity contribution in [2.75, 3.05) is 0 Å². The van der Waals surface area contributed by atoms with Crippen LogP contribution in [-0.2, 0) is 16.0 Å². The first kappa shape index (κ1) is 20.8. The average molecular weight is 362 g/mol. The van der Waals surface area contributed by atoms with Crippen LogP contribution in [0.1, 0.15) is 31.9 Å². The van der Waals surface area contributed by atoms with E-state index in [1.807, 2.05) is 24.3 Å². The smallest absolute Gasteiger partial charge is 0.408 e. The highest BCUT2D eigenvalue weighted by Crippen LogP contribution is 2.10. The standard InChI is InChI=1S/C19H27NO4Si/c1-19(2,3)24-18(23)20-16(17(21)22)13-15-9-7-14(8-10-15)11-12-25(4,5)6/h7-10,16H,13H2,1-6H3,(H,20,23)(H,21,22). The van der Waals surface area contributed by atoms with E-state index in [4.69, 9.17) is 4.74 Å². The minimum absolute atomic E-state index is 0.177. The van der Waals surface area contributed by atoms with Crippen molar-refractivity contribution in [1.29, 1.82) is 0 Å². The lowest BCUT2D eigenvalue weighted by molar-refractivity contribution is -0.139. The minimum Gasteiger partial charge on any atom is -0.480 e. The van der Waals surface area contributed by atoms with Crippen molar-refractivity contribution in [1.82, 2.24) is 5.32 Å². The van der Waals surface area contributed by atoms with Crippen LogP contribution >= 0.6 is 0 Å². The van der Waals surface area contributed by atoms with E-state index in [-0.39, 0.29) is 6.42 Å². The summed E-state index contributed by atoms with van der Waals surface area (Å²) in [4.78, 5) is 23.2. The summed E-state index contributed by atoms with van der Waals surface area (Å²) in [6.07, 6.45) is -0.562. The second-order valence-electron chi connectivity index (χ2n) is 7.94. The lowest BCUT2D eigenvalue weighted by Gasteiger charge is -2.22. The van der Waals surface area contributed by atoms with Gasteiger partial charge >= 0.3 is 12.1 Å². The van der Waals surface area contributed by atoms with Crippen molar-refractivity contribution >= 4 is 20.1 Å². The third kappa shape index (κ3) is 8.96. The van der Waals surface area contributed by atoms with Gasteiger partial charge in [0, 0.05) is 12.0 Å². The molecular formula is C19H27NO4Si. The highest BCUT2D eigenvalue weighted by molar-refractivity contribution is 6.83. The van der Waals surface area contributed by atoms with E-state index in [2.05, 4.69) is 36.4 Å². The number of benzene rings is 1. The Bertz CT molecular complexity index is 673. The summed E-state index contributed by atoms with van der Waals surface area (Å²) in [5.74, 6) is 2.05. The predicted octanol–water partition coefficient (Wildman–Crippen LogP) is 3.44. The van der Waals surface area contributed by atoms with E-state index < -0.39 is 31.8 Å². The highest BCUT2D eigenvalue weighted by atomic mass is 28.3. The Hall–Kier alpha value is -2.26. The molecule has 1 amide bonds. The molecule has 2 N–H and O–H groups in total. The molecule has 0 saturated heterocycles. The number of carbonyl (C=O) groups excluding carboxylic acids is 1. The first-order valence-electron chi connectivity index (χ1n) is 8.20. The molecule has 5 nitrogen and oxygen atoms in total. The van der Waals surface area contributed by atoms with Crippen LogP contribution in [0.25, 0.3) is 0 Å². The summed E-state index contributed by atoms with van der Waals surface area (Å²) in [7, 11) is -1.43.